The van der Waals surface area contributed by atoms with E-state index in [-0.39, 0.29) is 23.8 Å². The van der Waals surface area contributed by atoms with Crippen LogP contribution < -0.4 is 10.2 Å². The van der Waals surface area contributed by atoms with Crippen LogP contribution in [0.4, 0.5) is 11.4 Å². The first kappa shape index (κ1) is 19.4. The molecule has 3 rings (SSSR count). The highest BCUT2D eigenvalue weighted by molar-refractivity contribution is 5.94. The van der Waals surface area contributed by atoms with Gasteiger partial charge in [-0.3, -0.25) is 14.9 Å². The summed E-state index contributed by atoms with van der Waals surface area (Å²) in [5.74, 6) is 1.16. The number of carbonyl (C=O) groups excluding carboxylic acids is 1. The lowest BCUT2D eigenvalue weighted by atomic mass is 10.1. The molecule has 2 N–H and O–H groups in total. The number of hydrogen-bond donors (Lipinski definition) is 2. The maximum absolute atomic E-state index is 12.6. The molecule has 2 aromatic heterocycles. The number of rotatable bonds is 8. The lowest BCUT2D eigenvalue weighted by Crippen LogP contribution is -3.10. The molecule has 0 bridgehead atoms. The Bertz CT molecular complexity index is 912. The van der Waals surface area contributed by atoms with Crippen molar-refractivity contribution in [1.29, 1.82) is 0 Å². The number of furan rings is 2. The van der Waals surface area contributed by atoms with Gasteiger partial charge in [0.15, 0.2) is 18.1 Å². The van der Waals surface area contributed by atoms with Crippen LogP contribution in [0.1, 0.15) is 22.6 Å². The molecule has 0 fully saturated rings. The normalized spacial score (nSPS) is 11.0. The van der Waals surface area contributed by atoms with Crippen molar-refractivity contribution in [2.45, 2.75) is 26.9 Å². The third-order valence-electron chi connectivity index (χ3n) is 4.50. The molecule has 8 nitrogen and oxygen atoms in total. The van der Waals surface area contributed by atoms with Crippen molar-refractivity contribution in [3.8, 4) is 0 Å². The van der Waals surface area contributed by atoms with Gasteiger partial charge in [0.1, 0.15) is 18.8 Å². The summed E-state index contributed by atoms with van der Waals surface area (Å²) in [6.07, 6.45) is 3.16. The largest absolute Gasteiger partial charge is 0.463 e. The molecule has 0 spiro atoms. The molecule has 1 amide bonds. The summed E-state index contributed by atoms with van der Waals surface area (Å²) in [5.41, 5.74) is 1.76. The van der Waals surface area contributed by atoms with Crippen molar-refractivity contribution in [2.24, 2.45) is 0 Å². The molecule has 0 aliphatic heterocycles. The number of quaternary nitrogens is 1. The Morgan fingerprint density at radius 1 is 1.07 bits per heavy atom. The number of nitrogens with zero attached hydrogens (tertiary/aromatic N) is 1. The van der Waals surface area contributed by atoms with Crippen molar-refractivity contribution in [3.05, 3.63) is 81.7 Å². The Morgan fingerprint density at radius 3 is 2.14 bits per heavy atom. The topological polar surface area (TPSA) is 103 Å². The van der Waals surface area contributed by atoms with Gasteiger partial charge in [-0.15, -0.1) is 0 Å². The van der Waals surface area contributed by atoms with Crippen molar-refractivity contribution in [1.82, 2.24) is 0 Å². The molecule has 8 heteroatoms. The van der Waals surface area contributed by atoms with Crippen LogP contribution in [0.2, 0.25) is 0 Å². The fraction of sp³-hybridized carbons (Fsp3) is 0.250. The van der Waals surface area contributed by atoms with E-state index >= 15 is 0 Å². The number of amides is 1. The van der Waals surface area contributed by atoms with Crippen LogP contribution >= 0.6 is 0 Å². The first-order chi connectivity index (χ1) is 13.4. The van der Waals surface area contributed by atoms with Crippen LogP contribution in [0, 0.1) is 24.0 Å². The fourth-order valence-corrected chi connectivity index (χ4v) is 2.98. The van der Waals surface area contributed by atoms with E-state index < -0.39 is 4.92 Å². The number of nitrogens with one attached hydrogen (secondary N) is 2. The maximum Gasteiger partial charge on any atom is 0.293 e. The standard InChI is InChI=1S/C20H21N3O5/c1-14-9-18(19(23(25)26)10-15(14)2)21-20(24)13-22(11-16-5-3-7-27-16)12-17-6-4-8-28-17/h3-10H,11-13H2,1-2H3,(H,21,24)/p+1. The summed E-state index contributed by atoms with van der Waals surface area (Å²) in [7, 11) is 0. The summed E-state index contributed by atoms with van der Waals surface area (Å²) in [4.78, 5) is 24.4. The minimum atomic E-state index is -0.488. The second-order valence-corrected chi connectivity index (χ2v) is 6.70. The summed E-state index contributed by atoms with van der Waals surface area (Å²) in [5, 5.41) is 14.0. The van der Waals surface area contributed by atoms with Crippen LogP contribution in [-0.4, -0.2) is 17.4 Å². The van der Waals surface area contributed by atoms with Crippen molar-refractivity contribution >= 4 is 17.3 Å². The number of anilines is 1. The quantitative estimate of drug-likeness (QED) is 0.459. The third kappa shape index (κ3) is 4.86. The molecule has 0 unspecified atom stereocenters. The number of nitro benzene ring substituents is 1. The lowest BCUT2D eigenvalue weighted by molar-refractivity contribution is -0.921. The number of hydrogen-bond acceptors (Lipinski definition) is 5. The lowest BCUT2D eigenvalue weighted by Gasteiger charge is -2.17. The zero-order valence-corrected chi connectivity index (χ0v) is 15.7. The van der Waals surface area contributed by atoms with E-state index in [1.165, 1.54) is 6.07 Å². The molecule has 0 saturated carbocycles. The Labute approximate surface area is 161 Å². The summed E-state index contributed by atoms with van der Waals surface area (Å²) < 4.78 is 10.8. The Hall–Kier alpha value is -3.39. The van der Waals surface area contributed by atoms with E-state index in [4.69, 9.17) is 8.83 Å². The van der Waals surface area contributed by atoms with Crippen LogP contribution in [-0.2, 0) is 17.9 Å². The fourth-order valence-electron chi connectivity index (χ4n) is 2.98. The van der Waals surface area contributed by atoms with E-state index in [9.17, 15) is 14.9 Å². The third-order valence-corrected chi connectivity index (χ3v) is 4.50. The molecular formula is C20H22N3O5+. The van der Waals surface area contributed by atoms with Gasteiger partial charge in [-0.2, -0.15) is 0 Å². The van der Waals surface area contributed by atoms with Crippen LogP contribution in [0.25, 0.3) is 0 Å². The molecule has 0 aliphatic rings. The van der Waals surface area contributed by atoms with Crippen molar-refractivity contribution < 1.29 is 23.5 Å². The van der Waals surface area contributed by atoms with E-state index in [2.05, 4.69) is 5.32 Å². The smallest absolute Gasteiger partial charge is 0.293 e. The molecule has 0 aliphatic carbocycles. The summed E-state index contributed by atoms with van der Waals surface area (Å²) in [6.45, 7) is 4.71. The predicted octanol–water partition coefficient (Wildman–Crippen LogP) is 2.62. The molecule has 2 heterocycles. The van der Waals surface area contributed by atoms with E-state index in [1.54, 1.807) is 37.6 Å². The predicted molar refractivity (Wildman–Crippen MR) is 102 cm³/mol. The second-order valence-electron chi connectivity index (χ2n) is 6.70. The summed E-state index contributed by atoms with van der Waals surface area (Å²) in [6, 6.07) is 10.4. The number of nitro groups is 1. The van der Waals surface area contributed by atoms with E-state index in [1.807, 2.05) is 19.1 Å². The molecule has 28 heavy (non-hydrogen) atoms. The number of carbonyl (C=O) groups is 1. The minimum Gasteiger partial charge on any atom is -0.463 e. The van der Waals surface area contributed by atoms with Gasteiger partial charge in [0, 0.05) is 6.07 Å². The van der Waals surface area contributed by atoms with Gasteiger partial charge in [0.2, 0.25) is 0 Å². The second kappa shape index (κ2) is 8.53. The number of benzene rings is 1. The van der Waals surface area contributed by atoms with E-state index in [0.29, 0.717) is 13.1 Å². The molecule has 146 valence electrons. The average Bonchev–Trinajstić information content (AvgIpc) is 3.31. The van der Waals surface area contributed by atoms with Crippen LogP contribution in [0.3, 0.4) is 0 Å². The minimum absolute atomic E-state index is 0.103. The molecular weight excluding hydrogens is 362 g/mol. The van der Waals surface area contributed by atoms with Crippen LogP contribution in [0.5, 0.6) is 0 Å². The highest BCUT2D eigenvalue weighted by Crippen LogP contribution is 2.27. The van der Waals surface area contributed by atoms with Gasteiger partial charge >= 0.3 is 0 Å². The Morgan fingerprint density at radius 2 is 1.64 bits per heavy atom. The highest BCUT2D eigenvalue weighted by Gasteiger charge is 2.22. The van der Waals surface area contributed by atoms with Gasteiger partial charge in [0.05, 0.1) is 17.4 Å². The molecule has 1 aromatic carbocycles. The van der Waals surface area contributed by atoms with Gasteiger partial charge in [0.25, 0.3) is 11.6 Å². The molecule has 0 atom stereocenters. The van der Waals surface area contributed by atoms with E-state index in [0.717, 1.165) is 27.5 Å². The molecule has 0 saturated heterocycles. The summed E-state index contributed by atoms with van der Waals surface area (Å²) >= 11 is 0. The zero-order chi connectivity index (χ0) is 20.1. The first-order valence-electron chi connectivity index (χ1n) is 8.86. The first-order valence-corrected chi connectivity index (χ1v) is 8.86. The molecule has 0 radical (unpaired) electrons. The van der Waals surface area contributed by atoms with Crippen molar-refractivity contribution in [2.75, 3.05) is 11.9 Å². The average molecular weight is 384 g/mol. The zero-order valence-electron chi connectivity index (χ0n) is 15.7. The van der Waals surface area contributed by atoms with Crippen LogP contribution in [0.15, 0.2) is 57.8 Å². The van der Waals surface area contributed by atoms with Crippen molar-refractivity contribution in [3.63, 3.8) is 0 Å². The Balaban J connectivity index is 1.74. The van der Waals surface area contributed by atoms with Gasteiger partial charge in [-0.1, -0.05) is 0 Å². The van der Waals surface area contributed by atoms with Gasteiger partial charge < -0.3 is 19.1 Å². The molecule has 3 aromatic rings. The maximum atomic E-state index is 12.6. The SMILES string of the molecule is Cc1cc(NC(=O)C[NH+](Cc2ccco2)Cc2ccco2)c([N+](=O)[O-])cc1C. The highest BCUT2D eigenvalue weighted by atomic mass is 16.6. The number of aryl methyl sites for hydroxylation is 2. The Kier molecular flexibility index (Phi) is 5.90. The van der Waals surface area contributed by atoms with Gasteiger partial charge in [-0.25, -0.2) is 0 Å². The monoisotopic (exact) mass is 384 g/mol. The van der Waals surface area contributed by atoms with Gasteiger partial charge in [-0.05, 0) is 55.3 Å².